The van der Waals surface area contributed by atoms with Crippen molar-refractivity contribution in [1.29, 1.82) is 0 Å². The molecule has 8 heteroatoms. The van der Waals surface area contributed by atoms with Crippen LogP contribution in [-0.4, -0.2) is 15.0 Å². The van der Waals surface area contributed by atoms with Gasteiger partial charge in [0.1, 0.15) is 11.9 Å². The second-order valence-corrected chi connectivity index (χ2v) is 8.25. The Labute approximate surface area is 193 Å². The first kappa shape index (κ1) is 22.5. The molecule has 33 heavy (non-hydrogen) atoms. The lowest BCUT2D eigenvalue weighted by Crippen LogP contribution is -2.43. The van der Waals surface area contributed by atoms with Gasteiger partial charge < -0.3 is 5.32 Å². The van der Waals surface area contributed by atoms with Gasteiger partial charge in [0.05, 0.1) is 16.6 Å². The van der Waals surface area contributed by atoms with Gasteiger partial charge in [0.15, 0.2) is 0 Å². The van der Waals surface area contributed by atoms with E-state index in [1.165, 1.54) is 22.8 Å². The van der Waals surface area contributed by atoms with Crippen molar-refractivity contribution in [3.8, 4) is 5.69 Å². The Kier molecular flexibility index (Phi) is 6.16. The monoisotopic (exact) mass is 465 g/mol. The number of nitrogens with one attached hydrogen (secondary N) is 1. The average Bonchev–Trinajstić information content (AvgIpc) is 2.78. The van der Waals surface area contributed by atoms with Crippen molar-refractivity contribution in [3.63, 3.8) is 0 Å². The summed E-state index contributed by atoms with van der Waals surface area (Å²) in [4.78, 5) is 39.8. The van der Waals surface area contributed by atoms with Gasteiger partial charge in [-0.15, -0.1) is 0 Å². The highest BCUT2D eigenvalue weighted by molar-refractivity contribution is 6.31. The average molecular weight is 466 g/mol. The summed E-state index contributed by atoms with van der Waals surface area (Å²) in [7, 11) is 0. The Morgan fingerprint density at radius 2 is 1.79 bits per heavy atom. The fourth-order valence-electron chi connectivity index (χ4n) is 3.73. The number of benzene rings is 3. The highest BCUT2D eigenvalue weighted by Crippen LogP contribution is 2.20. The molecule has 0 bridgehead atoms. The quantitative estimate of drug-likeness (QED) is 0.481. The van der Waals surface area contributed by atoms with Crippen LogP contribution in [-0.2, 0) is 11.3 Å². The number of fused-ring (bicyclic) bond motifs is 1. The third kappa shape index (κ3) is 4.45. The van der Waals surface area contributed by atoms with Crippen molar-refractivity contribution in [1.82, 2.24) is 14.5 Å². The molecule has 0 fully saturated rings. The van der Waals surface area contributed by atoms with Crippen LogP contribution in [0.15, 0.2) is 76.3 Å². The van der Waals surface area contributed by atoms with E-state index in [2.05, 4.69) is 5.32 Å². The predicted molar refractivity (Wildman–Crippen MR) is 127 cm³/mol. The first-order valence-electron chi connectivity index (χ1n) is 10.3. The predicted octanol–water partition coefficient (Wildman–Crippen LogP) is 4.13. The van der Waals surface area contributed by atoms with E-state index >= 15 is 0 Å². The highest BCUT2D eigenvalue weighted by Gasteiger charge is 2.23. The van der Waals surface area contributed by atoms with Gasteiger partial charge in [0.2, 0.25) is 5.91 Å². The van der Waals surface area contributed by atoms with Gasteiger partial charge in [-0.25, -0.2) is 13.8 Å². The molecule has 0 saturated heterocycles. The molecule has 0 aliphatic carbocycles. The van der Waals surface area contributed by atoms with Crippen molar-refractivity contribution in [2.45, 2.75) is 26.4 Å². The zero-order valence-corrected chi connectivity index (χ0v) is 18.8. The van der Waals surface area contributed by atoms with Gasteiger partial charge in [-0.1, -0.05) is 35.9 Å². The van der Waals surface area contributed by atoms with E-state index in [4.69, 9.17) is 11.6 Å². The maximum atomic E-state index is 13.5. The Hall–Kier alpha value is -3.71. The molecule has 0 spiro atoms. The second kappa shape index (κ2) is 9.03. The highest BCUT2D eigenvalue weighted by atomic mass is 35.5. The molecule has 168 valence electrons. The summed E-state index contributed by atoms with van der Waals surface area (Å²) in [6, 6.07) is 16.4. The molecule has 4 rings (SSSR count). The summed E-state index contributed by atoms with van der Waals surface area (Å²) < 4.78 is 15.5. The maximum Gasteiger partial charge on any atom is 0.336 e. The first-order chi connectivity index (χ1) is 15.8. The van der Waals surface area contributed by atoms with Gasteiger partial charge in [-0.3, -0.25) is 14.2 Å². The van der Waals surface area contributed by atoms with Crippen LogP contribution in [0.3, 0.4) is 0 Å². The van der Waals surface area contributed by atoms with Crippen molar-refractivity contribution in [2.24, 2.45) is 0 Å². The van der Waals surface area contributed by atoms with E-state index in [0.717, 1.165) is 10.1 Å². The van der Waals surface area contributed by atoms with Gasteiger partial charge in [-0.2, -0.15) is 0 Å². The summed E-state index contributed by atoms with van der Waals surface area (Å²) in [6.07, 6.45) is 0. The van der Waals surface area contributed by atoms with Crippen LogP contribution in [0.2, 0.25) is 5.02 Å². The summed E-state index contributed by atoms with van der Waals surface area (Å²) in [6.45, 7) is 3.60. The molecular weight excluding hydrogens is 445 g/mol. The van der Waals surface area contributed by atoms with Crippen LogP contribution in [0.1, 0.15) is 24.1 Å². The van der Waals surface area contributed by atoms with Gasteiger partial charge in [-0.05, 0) is 67.4 Å². The molecule has 1 N–H and O–H groups in total. The molecule has 1 heterocycles. The molecule has 0 saturated carbocycles. The number of carbonyl (C=O) groups is 1. The minimum atomic E-state index is -0.949. The number of hydrogen-bond donors (Lipinski definition) is 1. The number of rotatable bonds is 5. The summed E-state index contributed by atoms with van der Waals surface area (Å²) >= 11 is 6.16. The van der Waals surface area contributed by atoms with E-state index in [9.17, 15) is 18.8 Å². The molecular formula is C25H21ClFN3O3. The van der Waals surface area contributed by atoms with Crippen LogP contribution in [0.5, 0.6) is 0 Å². The number of nitrogens with zero attached hydrogens (tertiary/aromatic N) is 2. The topological polar surface area (TPSA) is 73.1 Å². The summed E-state index contributed by atoms with van der Waals surface area (Å²) in [5, 5.41) is 3.36. The Bertz CT molecular complexity index is 1480. The molecule has 1 aromatic heterocycles. The van der Waals surface area contributed by atoms with Crippen LogP contribution in [0.25, 0.3) is 16.6 Å². The first-order valence-corrected chi connectivity index (χ1v) is 10.7. The zero-order valence-electron chi connectivity index (χ0n) is 18.0. The molecule has 0 aliphatic heterocycles. The smallest absolute Gasteiger partial charge is 0.336 e. The van der Waals surface area contributed by atoms with Crippen LogP contribution < -0.4 is 16.6 Å². The maximum absolute atomic E-state index is 13.5. The van der Waals surface area contributed by atoms with Crippen LogP contribution in [0.4, 0.5) is 4.39 Å². The SMILES string of the molecule is Cc1cccc(-n2c(=O)c3ccc(Cl)cc3n([C@H](C)C(=O)NCc3ccc(F)cc3)c2=O)c1. The van der Waals surface area contributed by atoms with Gasteiger partial charge >= 0.3 is 5.69 Å². The standard InChI is InChI=1S/C25H21ClFN3O3/c1-15-4-3-5-20(12-15)30-24(32)21-11-8-18(26)13-22(21)29(25(30)33)16(2)23(31)28-14-17-6-9-19(27)10-7-17/h3-13,16H,14H2,1-2H3,(H,28,31)/t16-/m1/s1. The Morgan fingerprint density at radius 1 is 1.06 bits per heavy atom. The molecule has 6 nitrogen and oxygen atoms in total. The zero-order chi connectivity index (χ0) is 23.7. The Morgan fingerprint density at radius 3 is 2.48 bits per heavy atom. The second-order valence-electron chi connectivity index (χ2n) is 7.81. The number of hydrogen-bond acceptors (Lipinski definition) is 3. The van der Waals surface area contributed by atoms with Crippen LogP contribution in [0, 0.1) is 12.7 Å². The van der Waals surface area contributed by atoms with E-state index in [1.54, 1.807) is 49.4 Å². The number of halogens is 2. The molecule has 3 aromatic carbocycles. The molecule has 1 amide bonds. The fraction of sp³-hybridized carbons (Fsp3) is 0.160. The number of carbonyl (C=O) groups excluding carboxylic acids is 1. The molecule has 4 aromatic rings. The summed E-state index contributed by atoms with van der Waals surface area (Å²) in [5.74, 6) is -0.802. The molecule has 0 radical (unpaired) electrons. The minimum absolute atomic E-state index is 0.161. The van der Waals surface area contributed by atoms with E-state index in [-0.39, 0.29) is 23.3 Å². The fourth-order valence-corrected chi connectivity index (χ4v) is 3.89. The molecule has 0 unspecified atom stereocenters. The number of aromatic nitrogens is 2. The van der Waals surface area contributed by atoms with E-state index in [0.29, 0.717) is 16.3 Å². The lowest BCUT2D eigenvalue weighted by molar-refractivity contribution is -0.124. The van der Waals surface area contributed by atoms with E-state index in [1.807, 2.05) is 13.0 Å². The van der Waals surface area contributed by atoms with Gasteiger partial charge in [0.25, 0.3) is 5.56 Å². The third-order valence-corrected chi connectivity index (χ3v) is 5.69. The number of amides is 1. The van der Waals surface area contributed by atoms with Crippen molar-refractivity contribution in [3.05, 3.63) is 110 Å². The third-order valence-electron chi connectivity index (χ3n) is 5.46. The summed E-state index contributed by atoms with van der Waals surface area (Å²) in [5.41, 5.74) is 1.13. The normalized spacial score (nSPS) is 12.0. The molecule has 0 aliphatic rings. The Balaban J connectivity index is 1.82. The lowest BCUT2D eigenvalue weighted by Gasteiger charge is -2.20. The van der Waals surface area contributed by atoms with E-state index < -0.39 is 23.2 Å². The van der Waals surface area contributed by atoms with Crippen molar-refractivity contribution >= 4 is 28.4 Å². The van der Waals surface area contributed by atoms with Gasteiger partial charge in [0, 0.05) is 11.6 Å². The minimum Gasteiger partial charge on any atom is -0.350 e. The van der Waals surface area contributed by atoms with Crippen molar-refractivity contribution < 1.29 is 9.18 Å². The molecule has 1 atom stereocenters. The number of aryl methyl sites for hydroxylation is 1. The van der Waals surface area contributed by atoms with Crippen molar-refractivity contribution in [2.75, 3.05) is 0 Å². The lowest BCUT2D eigenvalue weighted by atomic mass is 10.2. The largest absolute Gasteiger partial charge is 0.350 e. The van der Waals surface area contributed by atoms with Crippen LogP contribution >= 0.6 is 11.6 Å².